The van der Waals surface area contributed by atoms with E-state index in [1.807, 2.05) is 0 Å². The van der Waals surface area contributed by atoms with Crippen LogP contribution in [0.2, 0.25) is 0 Å². The molecule has 1 aliphatic carbocycles. The number of halogens is 3. The topological polar surface area (TPSA) is 24.9 Å². The van der Waals surface area contributed by atoms with Gasteiger partial charge in [-0.2, -0.15) is 13.2 Å². The van der Waals surface area contributed by atoms with Crippen molar-refractivity contribution in [3.8, 4) is 0 Å². The van der Waals surface area contributed by atoms with Gasteiger partial charge in [0.05, 0.1) is 0 Å². The van der Waals surface area contributed by atoms with E-state index in [4.69, 9.17) is 0 Å². The molecule has 1 aromatic heterocycles. The van der Waals surface area contributed by atoms with Gasteiger partial charge in [0.1, 0.15) is 5.69 Å². The highest BCUT2D eigenvalue weighted by molar-refractivity contribution is 5.26. The molecule has 0 aromatic carbocycles. The maximum absolute atomic E-state index is 12.6. The molecule has 1 saturated heterocycles. The monoisotopic (exact) mass is 270 g/mol. The molecule has 0 amide bonds. The normalized spacial score (nSPS) is 22.1. The van der Waals surface area contributed by atoms with E-state index in [1.54, 1.807) is 6.07 Å². The van der Waals surface area contributed by atoms with Gasteiger partial charge in [0.15, 0.2) is 0 Å². The lowest BCUT2D eigenvalue weighted by Gasteiger charge is -2.54. The number of nitrogens with one attached hydrogen (secondary N) is 1. The molecule has 0 bridgehead atoms. The predicted molar refractivity (Wildman–Crippen MR) is 65.7 cm³/mol. The summed E-state index contributed by atoms with van der Waals surface area (Å²) in [7, 11) is 0. The minimum atomic E-state index is -4.35. The third-order valence-corrected chi connectivity index (χ3v) is 4.37. The number of aryl methyl sites for hydroxylation is 1. The largest absolute Gasteiger partial charge is 0.433 e. The van der Waals surface area contributed by atoms with Gasteiger partial charge in [0.25, 0.3) is 0 Å². The van der Waals surface area contributed by atoms with Gasteiger partial charge in [0, 0.05) is 19.3 Å². The first-order chi connectivity index (χ1) is 8.88. The van der Waals surface area contributed by atoms with Crippen molar-refractivity contribution in [1.29, 1.82) is 0 Å². The van der Waals surface area contributed by atoms with E-state index in [2.05, 4.69) is 10.3 Å². The number of alkyl halides is 3. The Balaban J connectivity index is 1.65. The van der Waals surface area contributed by atoms with Crippen molar-refractivity contribution < 1.29 is 13.2 Å². The molecule has 1 N–H and O–H groups in total. The number of hydrogen-bond acceptors (Lipinski definition) is 2. The maximum atomic E-state index is 12.6. The van der Waals surface area contributed by atoms with Crippen molar-refractivity contribution >= 4 is 0 Å². The fourth-order valence-electron chi connectivity index (χ4n) is 3.45. The van der Waals surface area contributed by atoms with Crippen molar-refractivity contribution in [2.45, 2.75) is 32.4 Å². The van der Waals surface area contributed by atoms with E-state index in [0.29, 0.717) is 11.3 Å². The SMILES string of the molecule is Cc1cc(CC2CC3(CNC3)C2)cnc1C(F)(F)F. The standard InChI is InChI=1S/C14H17F3N2/c1-9-2-10(6-19-12(9)14(15,16)17)3-11-4-13(5-11)7-18-8-13/h2,6,11,18H,3-5,7-8H2,1H3. The zero-order valence-electron chi connectivity index (χ0n) is 10.8. The van der Waals surface area contributed by atoms with Gasteiger partial charge in [-0.25, -0.2) is 0 Å². The van der Waals surface area contributed by atoms with Gasteiger partial charge < -0.3 is 5.32 Å². The summed E-state index contributed by atoms with van der Waals surface area (Å²) in [6.07, 6.45) is 0.286. The maximum Gasteiger partial charge on any atom is 0.433 e. The van der Waals surface area contributed by atoms with Gasteiger partial charge in [-0.05, 0) is 48.6 Å². The molecule has 2 aliphatic rings. The van der Waals surface area contributed by atoms with Crippen LogP contribution in [0.15, 0.2) is 12.3 Å². The summed E-state index contributed by atoms with van der Waals surface area (Å²) in [4.78, 5) is 3.59. The second-order valence-electron chi connectivity index (χ2n) is 6.09. The van der Waals surface area contributed by atoms with Crippen molar-refractivity contribution in [2.24, 2.45) is 11.3 Å². The summed E-state index contributed by atoms with van der Waals surface area (Å²) in [6.45, 7) is 3.69. The first-order valence-corrected chi connectivity index (χ1v) is 6.61. The smallest absolute Gasteiger partial charge is 0.316 e. The molecule has 2 nitrogen and oxygen atoms in total. The van der Waals surface area contributed by atoms with Crippen LogP contribution < -0.4 is 5.32 Å². The third-order valence-electron chi connectivity index (χ3n) is 4.37. The first kappa shape index (κ1) is 12.9. The number of hydrogen-bond donors (Lipinski definition) is 1. The van der Waals surface area contributed by atoms with Crippen molar-refractivity contribution in [1.82, 2.24) is 10.3 Å². The summed E-state index contributed by atoms with van der Waals surface area (Å²) >= 11 is 0. The van der Waals surface area contributed by atoms with Crippen LogP contribution in [-0.4, -0.2) is 18.1 Å². The molecular weight excluding hydrogens is 253 g/mol. The van der Waals surface area contributed by atoms with Crippen molar-refractivity contribution in [3.63, 3.8) is 0 Å². The summed E-state index contributed by atoms with van der Waals surface area (Å²) in [5.41, 5.74) is 0.908. The lowest BCUT2D eigenvalue weighted by molar-refractivity contribution is -0.141. The summed E-state index contributed by atoms with van der Waals surface area (Å²) in [6, 6.07) is 1.64. The fraction of sp³-hybridized carbons (Fsp3) is 0.643. The summed E-state index contributed by atoms with van der Waals surface area (Å²) in [5.74, 6) is 0.611. The minimum absolute atomic E-state index is 0.226. The second-order valence-corrected chi connectivity index (χ2v) is 6.09. The molecule has 1 spiro atoms. The summed E-state index contributed by atoms with van der Waals surface area (Å²) < 4.78 is 37.8. The van der Waals surface area contributed by atoms with E-state index in [0.717, 1.165) is 25.1 Å². The van der Waals surface area contributed by atoms with Crippen LogP contribution in [0.5, 0.6) is 0 Å². The average molecular weight is 270 g/mol. The highest BCUT2D eigenvalue weighted by atomic mass is 19.4. The second kappa shape index (κ2) is 4.20. The number of pyridine rings is 1. The Bertz CT molecular complexity index is 484. The Morgan fingerprint density at radius 2 is 2.05 bits per heavy atom. The van der Waals surface area contributed by atoms with E-state index in [9.17, 15) is 13.2 Å². The molecule has 19 heavy (non-hydrogen) atoms. The lowest BCUT2D eigenvalue weighted by Crippen LogP contribution is -2.60. The third kappa shape index (κ3) is 2.36. The Labute approximate surface area is 110 Å². The van der Waals surface area contributed by atoms with Crippen molar-refractivity contribution in [3.05, 3.63) is 29.1 Å². The molecule has 2 heterocycles. The first-order valence-electron chi connectivity index (χ1n) is 6.61. The molecule has 1 aromatic rings. The van der Waals surface area contributed by atoms with Crippen LogP contribution in [0.1, 0.15) is 29.7 Å². The van der Waals surface area contributed by atoms with E-state index >= 15 is 0 Å². The van der Waals surface area contributed by atoms with Crippen LogP contribution in [0.4, 0.5) is 13.2 Å². The molecule has 5 heteroatoms. The summed E-state index contributed by atoms with van der Waals surface area (Å²) in [5, 5.41) is 3.28. The Kier molecular flexibility index (Phi) is 2.85. The van der Waals surface area contributed by atoms with E-state index in [1.165, 1.54) is 26.0 Å². The van der Waals surface area contributed by atoms with Crippen molar-refractivity contribution in [2.75, 3.05) is 13.1 Å². The van der Waals surface area contributed by atoms with Crippen LogP contribution in [0.25, 0.3) is 0 Å². The Morgan fingerprint density at radius 3 is 2.53 bits per heavy atom. The zero-order valence-corrected chi connectivity index (χ0v) is 10.8. The van der Waals surface area contributed by atoms with Gasteiger partial charge in [0.2, 0.25) is 0 Å². The molecule has 0 unspecified atom stereocenters. The highest BCUT2D eigenvalue weighted by Gasteiger charge is 2.47. The van der Waals surface area contributed by atoms with Gasteiger partial charge in [-0.1, -0.05) is 6.07 Å². The quantitative estimate of drug-likeness (QED) is 0.893. The molecular formula is C14H17F3N2. The number of aromatic nitrogens is 1. The molecule has 2 fully saturated rings. The predicted octanol–water partition coefficient (Wildman–Crippen LogP) is 2.95. The Hall–Kier alpha value is -1.10. The lowest BCUT2D eigenvalue weighted by atomic mass is 9.57. The number of nitrogens with zero attached hydrogens (tertiary/aromatic N) is 1. The zero-order chi connectivity index (χ0) is 13.7. The molecule has 104 valence electrons. The van der Waals surface area contributed by atoms with Crippen LogP contribution in [0.3, 0.4) is 0 Å². The Morgan fingerprint density at radius 1 is 1.37 bits per heavy atom. The fourth-order valence-corrected chi connectivity index (χ4v) is 3.45. The molecule has 1 aliphatic heterocycles. The van der Waals surface area contributed by atoms with Gasteiger partial charge >= 0.3 is 6.18 Å². The molecule has 1 saturated carbocycles. The highest BCUT2D eigenvalue weighted by Crippen LogP contribution is 2.49. The molecule has 3 rings (SSSR count). The van der Waals surface area contributed by atoms with Gasteiger partial charge in [-0.3, -0.25) is 4.98 Å². The van der Waals surface area contributed by atoms with Crippen LogP contribution in [0, 0.1) is 18.3 Å². The van der Waals surface area contributed by atoms with Crippen LogP contribution in [-0.2, 0) is 12.6 Å². The molecule has 0 radical (unpaired) electrons. The van der Waals surface area contributed by atoms with E-state index in [-0.39, 0.29) is 5.56 Å². The van der Waals surface area contributed by atoms with Crippen LogP contribution >= 0.6 is 0 Å². The van der Waals surface area contributed by atoms with E-state index < -0.39 is 11.9 Å². The number of rotatable bonds is 2. The molecule has 0 atom stereocenters. The minimum Gasteiger partial charge on any atom is -0.316 e. The average Bonchev–Trinajstić information content (AvgIpc) is 2.18. The van der Waals surface area contributed by atoms with Gasteiger partial charge in [-0.15, -0.1) is 0 Å².